The molecule has 1 unspecified atom stereocenters. The highest BCUT2D eigenvalue weighted by Gasteiger charge is 2.72. The summed E-state index contributed by atoms with van der Waals surface area (Å²) in [5.74, 6) is -2.42. The van der Waals surface area contributed by atoms with Crippen molar-refractivity contribution in [3.05, 3.63) is 96.1 Å². The first kappa shape index (κ1) is 24.6. The van der Waals surface area contributed by atoms with Crippen molar-refractivity contribution in [2.24, 2.45) is 11.8 Å². The number of aliphatic hydroxyl groups is 1. The summed E-state index contributed by atoms with van der Waals surface area (Å²) in [6, 6.07) is 17.1. The van der Waals surface area contributed by atoms with Crippen molar-refractivity contribution in [1.29, 1.82) is 0 Å². The number of carbonyl (C=O) groups is 3. The highest BCUT2D eigenvalue weighted by Crippen LogP contribution is 2.55. The van der Waals surface area contributed by atoms with E-state index in [-0.39, 0.29) is 24.3 Å². The second kappa shape index (κ2) is 9.53. The number of hydrogen-bond donors (Lipinski definition) is 1. The van der Waals surface area contributed by atoms with Crippen molar-refractivity contribution in [3.63, 3.8) is 0 Å². The number of fused-ring (bicyclic) bond motifs is 2. The van der Waals surface area contributed by atoms with Crippen LogP contribution in [0.5, 0.6) is 0 Å². The number of likely N-dealkylation sites (tertiary alicyclic amines) is 1. The second-order valence-corrected chi connectivity index (χ2v) is 10.5. The zero-order valence-corrected chi connectivity index (χ0v) is 21.2. The lowest BCUT2D eigenvalue weighted by molar-refractivity contribution is -0.151. The number of nitrogens with zero attached hydrogens (tertiary/aromatic N) is 3. The summed E-state index contributed by atoms with van der Waals surface area (Å²) in [6.45, 7) is 0.775. The van der Waals surface area contributed by atoms with Gasteiger partial charge in [0.15, 0.2) is 0 Å². The van der Waals surface area contributed by atoms with Crippen LogP contribution in [0.25, 0.3) is 0 Å². The van der Waals surface area contributed by atoms with E-state index in [9.17, 15) is 19.5 Å². The fourth-order valence-electron chi connectivity index (χ4n) is 6.56. The number of carbonyl (C=O) groups excluding carboxylic acids is 3. The van der Waals surface area contributed by atoms with E-state index in [4.69, 9.17) is 4.74 Å². The van der Waals surface area contributed by atoms with Crippen LogP contribution >= 0.6 is 0 Å². The van der Waals surface area contributed by atoms with Crippen molar-refractivity contribution >= 4 is 17.7 Å². The lowest BCUT2D eigenvalue weighted by Gasteiger charge is -2.38. The Balaban J connectivity index is 1.48. The van der Waals surface area contributed by atoms with Crippen molar-refractivity contribution in [2.45, 2.75) is 30.3 Å². The van der Waals surface area contributed by atoms with Gasteiger partial charge in [0, 0.05) is 26.7 Å². The number of ether oxygens (including phenoxy) is 1. The first-order chi connectivity index (χ1) is 18.5. The summed E-state index contributed by atoms with van der Waals surface area (Å²) in [6.07, 6.45) is 6.82. The second-order valence-electron chi connectivity index (χ2n) is 10.5. The largest absolute Gasteiger partial charge is 0.394 e. The molecule has 8 heteroatoms. The predicted octanol–water partition coefficient (Wildman–Crippen LogP) is 1.93. The summed E-state index contributed by atoms with van der Waals surface area (Å²) in [4.78, 5) is 47.2. The Bertz CT molecular complexity index is 1300. The van der Waals surface area contributed by atoms with E-state index in [1.165, 1.54) is 4.90 Å². The van der Waals surface area contributed by atoms with E-state index in [1.54, 1.807) is 16.8 Å². The molecule has 1 N–H and O–H groups in total. The van der Waals surface area contributed by atoms with Gasteiger partial charge in [-0.2, -0.15) is 0 Å². The number of likely N-dealkylation sites (N-methyl/N-ethyl adjacent to an activating group) is 1. The number of amides is 3. The number of benzene rings is 2. The topological polar surface area (TPSA) is 90.4 Å². The van der Waals surface area contributed by atoms with Crippen LogP contribution in [0.3, 0.4) is 0 Å². The minimum absolute atomic E-state index is 0.178. The van der Waals surface area contributed by atoms with Crippen LogP contribution in [0.1, 0.15) is 17.2 Å². The number of aliphatic hydroxyl groups excluding tert-OH is 1. The standard InChI is InChI=1S/C30H31N3O5/c1-31-16-8-14-23-24(27(31)35)25-28(36)33(22(19-34)21-12-6-3-7-13-21)26-29(37)32(17-9-15-30(25,26)38-23)18-20-10-4-2-5-11-20/h2-15,22-26,34H,16-19H2,1H3/t22-,23-,24+,25+,26?,30+/m1/s1. The van der Waals surface area contributed by atoms with E-state index in [1.807, 2.05) is 85.0 Å². The fraction of sp³-hybridized carbons (Fsp3) is 0.367. The molecule has 2 aromatic rings. The maximum Gasteiger partial charge on any atom is 0.249 e. The molecule has 0 radical (unpaired) electrons. The van der Waals surface area contributed by atoms with Crippen molar-refractivity contribution in [1.82, 2.24) is 14.7 Å². The van der Waals surface area contributed by atoms with E-state index < -0.39 is 35.6 Å². The first-order valence-corrected chi connectivity index (χ1v) is 13.0. The fourth-order valence-corrected chi connectivity index (χ4v) is 6.56. The molecule has 38 heavy (non-hydrogen) atoms. The molecular formula is C30H31N3O5. The van der Waals surface area contributed by atoms with Gasteiger partial charge in [0.1, 0.15) is 11.6 Å². The van der Waals surface area contributed by atoms with Crippen LogP contribution in [-0.2, 0) is 25.7 Å². The Morgan fingerprint density at radius 1 is 0.947 bits per heavy atom. The molecule has 4 heterocycles. The van der Waals surface area contributed by atoms with Crippen LogP contribution in [0.15, 0.2) is 85.0 Å². The molecule has 4 aliphatic rings. The third kappa shape index (κ3) is 3.70. The minimum Gasteiger partial charge on any atom is -0.394 e. The number of rotatable bonds is 5. The summed E-state index contributed by atoms with van der Waals surface area (Å²) >= 11 is 0. The van der Waals surface area contributed by atoms with Gasteiger partial charge < -0.3 is 24.5 Å². The molecule has 196 valence electrons. The smallest absolute Gasteiger partial charge is 0.249 e. The Hall–Kier alpha value is -3.75. The summed E-state index contributed by atoms with van der Waals surface area (Å²) in [7, 11) is 1.71. The Morgan fingerprint density at radius 2 is 1.66 bits per heavy atom. The zero-order valence-electron chi connectivity index (χ0n) is 21.2. The molecule has 2 saturated heterocycles. The van der Waals surface area contributed by atoms with Gasteiger partial charge in [-0.3, -0.25) is 14.4 Å². The minimum atomic E-state index is -1.32. The highest BCUT2D eigenvalue weighted by atomic mass is 16.5. The molecule has 0 saturated carbocycles. The van der Waals surface area contributed by atoms with E-state index in [2.05, 4.69) is 0 Å². The molecule has 1 spiro atoms. The van der Waals surface area contributed by atoms with Gasteiger partial charge in [0.05, 0.1) is 30.6 Å². The molecule has 0 bridgehead atoms. The van der Waals surface area contributed by atoms with Crippen LogP contribution in [0.4, 0.5) is 0 Å². The molecule has 6 rings (SSSR count). The first-order valence-electron chi connectivity index (χ1n) is 13.0. The van der Waals surface area contributed by atoms with Crippen LogP contribution < -0.4 is 0 Å². The average molecular weight is 514 g/mol. The Kier molecular flexibility index (Phi) is 6.16. The molecule has 0 aliphatic carbocycles. The van der Waals surface area contributed by atoms with Gasteiger partial charge >= 0.3 is 0 Å². The van der Waals surface area contributed by atoms with Crippen molar-refractivity contribution < 1.29 is 24.2 Å². The van der Waals surface area contributed by atoms with Gasteiger partial charge in [-0.05, 0) is 11.1 Å². The number of hydrogen-bond acceptors (Lipinski definition) is 5. The predicted molar refractivity (Wildman–Crippen MR) is 139 cm³/mol. The summed E-state index contributed by atoms with van der Waals surface area (Å²) < 4.78 is 6.65. The van der Waals surface area contributed by atoms with Gasteiger partial charge in [-0.25, -0.2) is 0 Å². The van der Waals surface area contributed by atoms with Gasteiger partial charge in [0.25, 0.3) is 0 Å². The SMILES string of the molecule is CN1CC=C[C@H]2O[C@]34C=CCN(Cc5ccccc5)C(=O)C3N([C@H](CO)c3ccccc3)C(=O)[C@@H]4[C@H]2C1=O. The maximum atomic E-state index is 14.4. The summed E-state index contributed by atoms with van der Waals surface area (Å²) in [5, 5.41) is 10.6. The molecule has 2 aromatic carbocycles. The molecule has 6 atom stereocenters. The molecule has 4 aliphatic heterocycles. The van der Waals surface area contributed by atoms with E-state index in [0.29, 0.717) is 19.6 Å². The average Bonchev–Trinajstić information content (AvgIpc) is 3.27. The van der Waals surface area contributed by atoms with Crippen LogP contribution in [0, 0.1) is 11.8 Å². The quantitative estimate of drug-likeness (QED) is 0.618. The van der Waals surface area contributed by atoms with Crippen LogP contribution in [0.2, 0.25) is 0 Å². The third-order valence-electron chi connectivity index (χ3n) is 8.29. The lowest BCUT2D eigenvalue weighted by Crippen LogP contribution is -2.56. The molecule has 0 aromatic heterocycles. The Morgan fingerprint density at radius 3 is 2.37 bits per heavy atom. The lowest BCUT2D eigenvalue weighted by atomic mass is 9.77. The Labute approximate surface area is 221 Å². The van der Waals surface area contributed by atoms with E-state index in [0.717, 1.165) is 11.1 Å². The zero-order chi connectivity index (χ0) is 26.4. The molecular weight excluding hydrogens is 482 g/mol. The van der Waals surface area contributed by atoms with E-state index >= 15 is 0 Å². The molecule has 3 amide bonds. The van der Waals surface area contributed by atoms with Gasteiger partial charge in [-0.1, -0.05) is 85.0 Å². The monoisotopic (exact) mass is 513 g/mol. The highest BCUT2D eigenvalue weighted by molar-refractivity contribution is 6.00. The molecule has 2 fully saturated rings. The third-order valence-corrected chi connectivity index (χ3v) is 8.29. The van der Waals surface area contributed by atoms with Gasteiger partial charge in [-0.15, -0.1) is 0 Å². The summed E-state index contributed by atoms with van der Waals surface area (Å²) in [5.41, 5.74) is 0.362. The molecule has 8 nitrogen and oxygen atoms in total. The van der Waals surface area contributed by atoms with Crippen LogP contribution in [-0.4, -0.2) is 82.0 Å². The van der Waals surface area contributed by atoms with Crippen molar-refractivity contribution in [2.75, 3.05) is 26.7 Å². The van der Waals surface area contributed by atoms with Gasteiger partial charge in [0.2, 0.25) is 17.7 Å². The normalized spacial score (nSPS) is 31.1. The maximum absolute atomic E-state index is 14.4. The van der Waals surface area contributed by atoms with Crippen molar-refractivity contribution in [3.8, 4) is 0 Å².